The highest BCUT2D eigenvalue weighted by Gasteiger charge is 2.27. The third-order valence-electron chi connectivity index (χ3n) is 3.39. The van der Waals surface area contributed by atoms with E-state index in [1.54, 1.807) is 0 Å². The van der Waals surface area contributed by atoms with Gasteiger partial charge < -0.3 is 9.88 Å². The maximum atomic E-state index is 12.5. The third-order valence-corrected chi connectivity index (χ3v) is 5.00. The standard InChI is InChI=1S/C13H18N2O4S/c1-9(2)12-10(3-4-11(16)14-12)13(17)15-5-7-20(18,19)8-6-15/h3-4,9H,5-8H2,1-2H3,(H,14,16). The average molecular weight is 298 g/mol. The predicted molar refractivity (Wildman–Crippen MR) is 75.7 cm³/mol. The maximum absolute atomic E-state index is 12.5. The fourth-order valence-corrected chi connectivity index (χ4v) is 3.42. The van der Waals surface area contributed by atoms with Crippen molar-refractivity contribution in [2.24, 2.45) is 0 Å². The van der Waals surface area contributed by atoms with Crippen molar-refractivity contribution in [1.29, 1.82) is 0 Å². The lowest BCUT2D eigenvalue weighted by Gasteiger charge is -2.27. The normalized spacial score (nSPS) is 18.2. The van der Waals surface area contributed by atoms with Gasteiger partial charge in [-0.2, -0.15) is 0 Å². The molecule has 0 aromatic carbocycles. The van der Waals surface area contributed by atoms with Gasteiger partial charge in [0.1, 0.15) is 0 Å². The van der Waals surface area contributed by atoms with Crippen LogP contribution in [0.2, 0.25) is 0 Å². The predicted octanol–water partition coefficient (Wildman–Crippen LogP) is 0.369. The van der Waals surface area contributed by atoms with Crippen molar-refractivity contribution in [2.75, 3.05) is 24.6 Å². The van der Waals surface area contributed by atoms with E-state index in [-0.39, 0.29) is 42.0 Å². The Morgan fingerprint density at radius 2 is 1.85 bits per heavy atom. The molecule has 1 aliphatic rings. The highest BCUT2D eigenvalue weighted by Crippen LogP contribution is 2.18. The molecule has 20 heavy (non-hydrogen) atoms. The monoisotopic (exact) mass is 298 g/mol. The summed E-state index contributed by atoms with van der Waals surface area (Å²) in [6.07, 6.45) is 0. The Morgan fingerprint density at radius 1 is 1.25 bits per heavy atom. The van der Waals surface area contributed by atoms with Crippen LogP contribution in [0.5, 0.6) is 0 Å². The third kappa shape index (κ3) is 3.09. The molecular formula is C13H18N2O4S. The zero-order valence-corrected chi connectivity index (χ0v) is 12.4. The van der Waals surface area contributed by atoms with Crippen molar-refractivity contribution in [1.82, 2.24) is 9.88 Å². The van der Waals surface area contributed by atoms with Crippen molar-refractivity contribution in [3.8, 4) is 0 Å². The summed E-state index contributed by atoms with van der Waals surface area (Å²) in [5, 5.41) is 0. The fourth-order valence-electron chi connectivity index (χ4n) is 2.22. The summed E-state index contributed by atoms with van der Waals surface area (Å²) in [5.74, 6) is -0.214. The number of nitrogens with zero attached hydrogens (tertiary/aromatic N) is 1. The Hall–Kier alpha value is -1.63. The van der Waals surface area contributed by atoms with Crippen LogP contribution >= 0.6 is 0 Å². The second kappa shape index (κ2) is 5.40. The largest absolute Gasteiger partial charge is 0.337 e. The van der Waals surface area contributed by atoms with Gasteiger partial charge in [0.15, 0.2) is 9.84 Å². The highest BCUT2D eigenvalue weighted by molar-refractivity contribution is 7.91. The molecule has 1 aromatic heterocycles. The number of aromatic amines is 1. The first-order valence-corrected chi connectivity index (χ1v) is 8.35. The van der Waals surface area contributed by atoms with Crippen molar-refractivity contribution in [2.45, 2.75) is 19.8 Å². The minimum absolute atomic E-state index is 0.000888. The summed E-state index contributed by atoms with van der Waals surface area (Å²) in [5.41, 5.74) is 0.793. The second-order valence-electron chi connectivity index (χ2n) is 5.25. The molecule has 1 aliphatic heterocycles. The van der Waals surface area contributed by atoms with Crippen LogP contribution < -0.4 is 5.56 Å². The zero-order valence-electron chi connectivity index (χ0n) is 11.5. The van der Waals surface area contributed by atoms with Crippen LogP contribution in [0.1, 0.15) is 35.8 Å². The lowest BCUT2D eigenvalue weighted by molar-refractivity contribution is 0.0768. The molecule has 0 aliphatic carbocycles. The number of amides is 1. The molecule has 2 heterocycles. The van der Waals surface area contributed by atoms with E-state index in [0.29, 0.717) is 11.3 Å². The van der Waals surface area contributed by atoms with Crippen molar-refractivity contribution in [3.63, 3.8) is 0 Å². The molecule has 1 amide bonds. The number of sulfone groups is 1. The fraction of sp³-hybridized carbons (Fsp3) is 0.538. The minimum Gasteiger partial charge on any atom is -0.337 e. The van der Waals surface area contributed by atoms with Crippen molar-refractivity contribution < 1.29 is 13.2 Å². The van der Waals surface area contributed by atoms with Gasteiger partial charge in [0.2, 0.25) is 5.56 Å². The maximum Gasteiger partial charge on any atom is 0.255 e. The van der Waals surface area contributed by atoms with E-state index in [2.05, 4.69) is 4.98 Å². The van der Waals surface area contributed by atoms with Crippen LogP contribution in [-0.2, 0) is 9.84 Å². The Balaban J connectivity index is 2.28. The van der Waals surface area contributed by atoms with Gasteiger partial charge in [-0.05, 0) is 12.0 Å². The number of carbonyl (C=O) groups is 1. The lowest BCUT2D eigenvalue weighted by atomic mass is 10.0. The van der Waals surface area contributed by atoms with Crippen LogP contribution in [-0.4, -0.2) is 48.8 Å². The van der Waals surface area contributed by atoms with E-state index in [4.69, 9.17) is 0 Å². The quantitative estimate of drug-likeness (QED) is 0.854. The van der Waals surface area contributed by atoms with Gasteiger partial charge in [-0.25, -0.2) is 8.42 Å². The number of carbonyl (C=O) groups excluding carboxylic acids is 1. The van der Waals surface area contributed by atoms with Crippen molar-refractivity contribution >= 4 is 15.7 Å². The van der Waals surface area contributed by atoms with Gasteiger partial charge in [0.05, 0.1) is 17.1 Å². The van der Waals surface area contributed by atoms with Crippen LogP contribution in [0.15, 0.2) is 16.9 Å². The van der Waals surface area contributed by atoms with Crippen LogP contribution in [0.3, 0.4) is 0 Å². The topological polar surface area (TPSA) is 87.3 Å². The molecule has 0 bridgehead atoms. The number of hydrogen-bond acceptors (Lipinski definition) is 4. The summed E-state index contributed by atoms with van der Waals surface area (Å²) >= 11 is 0. The molecule has 1 saturated heterocycles. The molecule has 0 unspecified atom stereocenters. The zero-order chi connectivity index (χ0) is 14.9. The van der Waals surface area contributed by atoms with E-state index in [9.17, 15) is 18.0 Å². The molecule has 1 fully saturated rings. The minimum atomic E-state index is -3.02. The molecule has 2 rings (SSSR count). The lowest BCUT2D eigenvalue weighted by Crippen LogP contribution is -2.44. The van der Waals surface area contributed by atoms with E-state index >= 15 is 0 Å². The van der Waals surface area contributed by atoms with E-state index in [0.717, 1.165) is 0 Å². The molecule has 0 atom stereocenters. The number of aromatic nitrogens is 1. The highest BCUT2D eigenvalue weighted by atomic mass is 32.2. The molecule has 0 spiro atoms. The van der Waals surface area contributed by atoms with Crippen LogP contribution in [0, 0.1) is 0 Å². The number of rotatable bonds is 2. The SMILES string of the molecule is CC(C)c1[nH]c(=O)ccc1C(=O)N1CCS(=O)(=O)CC1. The first kappa shape index (κ1) is 14.8. The van der Waals surface area contributed by atoms with E-state index < -0.39 is 9.84 Å². The van der Waals surface area contributed by atoms with Crippen molar-refractivity contribution in [3.05, 3.63) is 33.7 Å². The molecular weight excluding hydrogens is 280 g/mol. The summed E-state index contributed by atoms with van der Waals surface area (Å²) in [6, 6.07) is 2.83. The molecule has 0 radical (unpaired) electrons. The van der Waals surface area contributed by atoms with Gasteiger partial charge in [0, 0.05) is 24.8 Å². The summed E-state index contributed by atoms with van der Waals surface area (Å²) < 4.78 is 22.8. The molecule has 6 nitrogen and oxygen atoms in total. The van der Waals surface area contributed by atoms with E-state index in [1.165, 1.54) is 17.0 Å². The van der Waals surface area contributed by atoms with Gasteiger partial charge in [-0.15, -0.1) is 0 Å². The van der Waals surface area contributed by atoms with Crippen LogP contribution in [0.25, 0.3) is 0 Å². The number of H-pyrrole nitrogens is 1. The van der Waals surface area contributed by atoms with Gasteiger partial charge in [0.25, 0.3) is 5.91 Å². The summed E-state index contributed by atoms with van der Waals surface area (Å²) in [6.45, 7) is 4.20. The number of hydrogen-bond donors (Lipinski definition) is 1. The summed E-state index contributed by atoms with van der Waals surface area (Å²) in [7, 11) is -3.02. The Labute approximate surface area is 117 Å². The average Bonchev–Trinajstić information content (AvgIpc) is 2.37. The van der Waals surface area contributed by atoms with Crippen LogP contribution in [0.4, 0.5) is 0 Å². The molecule has 110 valence electrons. The number of nitrogens with one attached hydrogen (secondary N) is 1. The molecule has 7 heteroatoms. The second-order valence-corrected chi connectivity index (χ2v) is 7.55. The Kier molecular flexibility index (Phi) is 3.99. The van der Waals surface area contributed by atoms with Gasteiger partial charge >= 0.3 is 0 Å². The Bertz CT molecular complexity index is 662. The smallest absolute Gasteiger partial charge is 0.255 e. The van der Waals surface area contributed by atoms with Gasteiger partial charge in [-0.3, -0.25) is 9.59 Å². The first-order valence-electron chi connectivity index (χ1n) is 6.53. The molecule has 1 N–H and O–H groups in total. The van der Waals surface area contributed by atoms with E-state index in [1.807, 2.05) is 13.8 Å². The van der Waals surface area contributed by atoms with Gasteiger partial charge in [-0.1, -0.05) is 13.8 Å². The summed E-state index contributed by atoms with van der Waals surface area (Å²) in [4.78, 5) is 28.0. The Morgan fingerprint density at radius 3 is 2.40 bits per heavy atom. The molecule has 0 saturated carbocycles. The molecule has 1 aromatic rings. The first-order chi connectivity index (χ1) is 9.30. The number of pyridine rings is 1.